The summed E-state index contributed by atoms with van der Waals surface area (Å²) in [5.41, 5.74) is 1.26. The van der Waals surface area contributed by atoms with Gasteiger partial charge in [0.2, 0.25) is 0 Å². The van der Waals surface area contributed by atoms with Gasteiger partial charge in [-0.1, -0.05) is 6.08 Å². The number of carbonyl (C=O) groups is 1. The smallest absolute Gasteiger partial charge is 0.317 e. The van der Waals surface area contributed by atoms with Gasteiger partial charge in [-0.2, -0.15) is 0 Å². The van der Waals surface area contributed by atoms with Gasteiger partial charge >= 0.3 is 6.03 Å². The molecule has 2 rings (SSSR count). The molecule has 1 fully saturated rings. The first-order chi connectivity index (χ1) is 9.69. The van der Waals surface area contributed by atoms with Crippen LogP contribution in [0.2, 0.25) is 0 Å². The molecule has 1 aliphatic heterocycles. The summed E-state index contributed by atoms with van der Waals surface area (Å²) >= 11 is 0. The fourth-order valence-electron chi connectivity index (χ4n) is 2.20. The molecule has 0 bridgehead atoms. The van der Waals surface area contributed by atoms with Crippen LogP contribution in [0.5, 0.6) is 0 Å². The summed E-state index contributed by atoms with van der Waals surface area (Å²) in [4.78, 5) is 20.2. The Hall–Kier alpha value is -1.88. The molecule has 2 heterocycles. The summed E-state index contributed by atoms with van der Waals surface area (Å²) < 4.78 is 0. The molecule has 1 atom stereocenters. The number of carbonyl (C=O) groups excluding carboxylic acids is 1. The van der Waals surface area contributed by atoms with Crippen LogP contribution in [0.4, 0.5) is 4.79 Å². The fraction of sp³-hybridized carbons (Fsp3) is 0.467. The van der Waals surface area contributed by atoms with Crippen LogP contribution >= 0.6 is 0 Å². The van der Waals surface area contributed by atoms with Gasteiger partial charge in [-0.15, -0.1) is 6.58 Å². The standard InChI is InChI=1S/C15H22N4O/c1-3-13(2)17-15(20)19-10-8-18(9-11-19)12-14-4-6-16-7-5-14/h3-7,13H,1,8-12H2,2H3,(H,17,20)/t13-/m1/s1. The molecular weight excluding hydrogens is 252 g/mol. The van der Waals surface area contributed by atoms with Gasteiger partial charge in [-0.05, 0) is 24.6 Å². The lowest BCUT2D eigenvalue weighted by Gasteiger charge is -2.35. The number of amides is 2. The quantitative estimate of drug-likeness (QED) is 0.846. The van der Waals surface area contributed by atoms with Crippen molar-refractivity contribution >= 4 is 6.03 Å². The summed E-state index contributed by atoms with van der Waals surface area (Å²) in [5, 5.41) is 2.91. The van der Waals surface area contributed by atoms with E-state index < -0.39 is 0 Å². The van der Waals surface area contributed by atoms with E-state index in [4.69, 9.17) is 0 Å². The van der Waals surface area contributed by atoms with E-state index in [0.29, 0.717) is 0 Å². The van der Waals surface area contributed by atoms with Gasteiger partial charge in [0.25, 0.3) is 0 Å². The molecule has 5 heteroatoms. The lowest BCUT2D eigenvalue weighted by atomic mass is 10.2. The first-order valence-corrected chi connectivity index (χ1v) is 6.98. The molecule has 0 saturated carbocycles. The van der Waals surface area contributed by atoms with Crippen molar-refractivity contribution in [1.29, 1.82) is 0 Å². The molecule has 1 aromatic heterocycles. The highest BCUT2D eigenvalue weighted by atomic mass is 16.2. The topological polar surface area (TPSA) is 48.5 Å². The number of urea groups is 1. The Balaban J connectivity index is 1.77. The molecule has 2 amide bonds. The Morgan fingerprint density at radius 2 is 2.05 bits per heavy atom. The summed E-state index contributed by atoms with van der Waals surface area (Å²) in [6.07, 6.45) is 5.36. The van der Waals surface area contributed by atoms with E-state index in [1.807, 2.05) is 36.4 Å². The Bertz CT molecular complexity index is 440. The number of hydrogen-bond acceptors (Lipinski definition) is 3. The largest absolute Gasteiger partial charge is 0.332 e. The molecule has 1 saturated heterocycles. The van der Waals surface area contributed by atoms with Gasteiger partial charge in [0.15, 0.2) is 0 Å². The zero-order valence-electron chi connectivity index (χ0n) is 12.0. The number of rotatable bonds is 4. The summed E-state index contributed by atoms with van der Waals surface area (Å²) in [6.45, 7) is 9.84. The van der Waals surface area contributed by atoms with Crippen LogP contribution in [0.1, 0.15) is 12.5 Å². The van der Waals surface area contributed by atoms with Crippen LogP contribution in [-0.4, -0.2) is 53.0 Å². The highest BCUT2D eigenvalue weighted by Gasteiger charge is 2.21. The molecule has 108 valence electrons. The van der Waals surface area contributed by atoms with Crippen molar-refractivity contribution in [3.05, 3.63) is 42.7 Å². The lowest BCUT2D eigenvalue weighted by molar-refractivity contribution is 0.134. The van der Waals surface area contributed by atoms with Crippen LogP contribution in [0, 0.1) is 0 Å². The molecular formula is C15H22N4O. The van der Waals surface area contributed by atoms with Crippen LogP contribution in [0.15, 0.2) is 37.2 Å². The van der Waals surface area contributed by atoms with Gasteiger partial charge in [0, 0.05) is 51.2 Å². The lowest BCUT2D eigenvalue weighted by Crippen LogP contribution is -2.52. The van der Waals surface area contributed by atoms with Crippen molar-refractivity contribution in [3.8, 4) is 0 Å². The van der Waals surface area contributed by atoms with Crippen molar-refractivity contribution in [2.75, 3.05) is 26.2 Å². The van der Waals surface area contributed by atoms with Crippen LogP contribution in [0.3, 0.4) is 0 Å². The minimum absolute atomic E-state index is 0.000890. The van der Waals surface area contributed by atoms with Crippen LogP contribution in [-0.2, 0) is 6.54 Å². The average Bonchev–Trinajstić information content (AvgIpc) is 2.49. The average molecular weight is 274 g/mol. The second-order valence-electron chi connectivity index (χ2n) is 5.09. The predicted molar refractivity (Wildman–Crippen MR) is 79.3 cm³/mol. The first-order valence-electron chi connectivity index (χ1n) is 6.98. The molecule has 1 N–H and O–H groups in total. The van der Waals surface area contributed by atoms with Crippen molar-refractivity contribution in [2.24, 2.45) is 0 Å². The van der Waals surface area contributed by atoms with E-state index in [9.17, 15) is 4.79 Å². The molecule has 0 radical (unpaired) electrons. The van der Waals surface area contributed by atoms with E-state index in [2.05, 4.69) is 21.8 Å². The Morgan fingerprint density at radius 3 is 2.65 bits per heavy atom. The van der Waals surface area contributed by atoms with E-state index >= 15 is 0 Å². The minimum atomic E-state index is 0.000890. The number of hydrogen-bond donors (Lipinski definition) is 1. The summed E-state index contributed by atoms with van der Waals surface area (Å²) in [5.74, 6) is 0. The van der Waals surface area contributed by atoms with Gasteiger partial charge in [-0.3, -0.25) is 9.88 Å². The number of nitrogens with one attached hydrogen (secondary N) is 1. The third-order valence-corrected chi connectivity index (χ3v) is 3.52. The second kappa shape index (κ2) is 7.05. The van der Waals surface area contributed by atoms with E-state index in [0.717, 1.165) is 32.7 Å². The number of aromatic nitrogens is 1. The Morgan fingerprint density at radius 1 is 1.40 bits per heavy atom. The molecule has 0 aliphatic carbocycles. The molecule has 0 aromatic carbocycles. The Kier molecular flexibility index (Phi) is 5.12. The van der Waals surface area contributed by atoms with Crippen LogP contribution in [0.25, 0.3) is 0 Å². The fourth-order valence-corrected chi connectivity index (χ4v) is 2.20. The van der Waals surface area contributed by atoms with Gasteiger partial charge < -0.3 is 10.2 Å². The minimum Gasteiger partial charge on any atom is -0.332 e. The number of nitrogens with zero attached hydrogens (tertiary/aromatic N) is 3. The third kappa shape index (κ3) is 4.06. The van der Waals surface area contributed by atoms with Crippen LogP contribution < -0.4 is 5.32 Å². The number of piperazine rings is 1. The number of pyridine rings is 1. The van der Waals surface area contributed by atoms with E-state index in [1.54, 1.807) is 6.08 Å². The molecule has 0 unspecified atom stereocenters. The Labute approximate surface area is 120 Å². The molecule has 1 aliphatic rings. The molecule has 20 heavy (non-hydrogen) atoms. The van der Waals surface area contributed by atoms with E-state index in [1.165, 1.54) is 5.56 Å². The van der Waals surface area contributed by atoms with Crippen molar-refractivity contribution < 1.29 is 4.79 Å². The summed E-state index contributed by atoms with van der Waals surface area (Å²) in [6, 6.07) is 4.08. The SMILES string of the molecule is C=C[C@@H](C)NC(=O)N1CCN(Cc2ccncc2)CC1. The third-order valence-electron chi connectivity index (χ3n) is 3.52. The highest BCUT2D eigenvalue weighted by Crippen LogP contribution is 2.08. The predicted octanol–water partition coefficient (Wildman–Crippen LogP) is 1.48. The zero-order valence-corrected chi connectivity index (χ0v) is 12.0. The molecule has 0 spiro atoms. The maximum atomic E-state index is 12.0. The van der Waals surface area contributed by atoms with Gasteiger partial charge in [0.1, 0.15) is 0 Å². The maximum absolute atomic E-state index is 12.0. The molecule has 1 aromatic rings. The van der Waals surface area contributed by atoms with Gasteiger partial charge in [0.05, 0.1) is 0 Å². The first kappa shape index (κ1) is 14.5. The maximum Gasteiger partial charge on any atom is 0.317 e. The van der Waals surface area contributed by atoms with Gasteiger partial charge in [-0.25, -0.2) is 4.79 Å². The zero-order chi connectivity index (χ0) is 14.4. The van der Waals surface area contributed by atoms with Crippen molar-refractivity contribution in [1.82, 2.24) is 20.1 Å². The summed E-state index contributed by atoms with van der Waals surface area (Å²) in [7, 11) is 0. The van der Waals surface area contributed by atoms with E-state index in [-0.39, 0.29) is 12.1 Å². The van der Waals surface area contributed by atoms with Crippen molar-refractivity contribution in [2.45, 2.75) is 19.5 Å². The normalized spacial score (nSPS) is 17.6. The van der Waals surface area contributed by atoms with Crippen molar-refractivity contribution in [3.63, 3.8) is 0 Å². The molecule has 5 nitrogen and oxygen atoms in total. The monoisotopic (exact) mass is 274 g/mol. The highest BCUT2D eigenvalue weighted by molar-refractivity contribution is 5.74. The second-order valence-corrected chi connectivity index (χ2v) is 5.09.